The number of nitrogens with one attached hydrogen (secondary N) is 1. The van der Waals surface area contributed by atoms with Gasteiger partial charge >= 0.3 is 0 Å². The number of thioether (sulfide) groups is 1. The summed E-state index contributed by atoms with van der Waals surface area (Å²) in [6.45, 7) is 0.976. The molecule has 0 bridgehead atoms. The highest BCUT2D eigenvalue weighted by atomic mass is 32.2. The summed E-state index contributed by atoms with van der Waals surface area (Å²) >= 11 is 1.54. The summed E-state index contributed by atoms with van der Waals surface area (Å²) in [6.07, 6.45) is 5.18. The van der Waals surface area contributed by atoms with Gasteiger partial charge in [-0.3, -0.25) is 14.3 Å². The van der Waals surface area contributed by atoms with Gasteiger partial charge in [0.1, 0.15) is 11.3 Å². The van der Waals surface area contributed by atoms with Crippen LogP contribution in [-0.2, 0) is 18.8 Å². The summed E-state index contributed by atoms with van der Waals surface area (Å²) in [5, 5.41) is 3.72. The number of imidazole rings is 1. The molecular formula is C27H22FN5OS. The Hall–Kier alpha value is -4.04. The Morgan fingerprint density at radius 3 is 2.57 bits per heavy atom. The molecule has 1 N–H and O–H groups in total. The number of aromatic nitrogens is 4. The van der Waals surface area contributed by atoms with Crippen molar-refractivity contribution in [1.29, 1.82) is 0 Å². The molecule has 1 amide bonds. The van der Waals surface area contributed by atoms with Crippen LogP contribution in [0, 0.1) is 5.82 Å². The van der Waals surface area contributed by atoms with E-state index in [2.05, 4.69) is 19.9 Å². The average Bonchev–Trinajstić information content (AvgIpc) is 3.24. The molecule has 5 aromatic rings. The van der Waals surface area contributed by atoms with Crippen LogP contribution in [0.4, 0.5) is 4.39 Å². The number of nitrogens with zero attached hydrogens (tertiary/aromatic N) is 4. The Balaban J connectivity index is 1.31. The first-order valence-electron chi connectivity index (χ1n) is 11.1. The number of amides is 1. The molecule has 2 aromatic carbocycles. The van der Waals surface area contributed by atoms with Gasteiger partial charge in [0.2, 0.25) is 0 Å². The Morgan fingerprint density at radius 2 is 1.77 bits per heavy atom. The topological polar surface area (TPSA) is 72.7 Å². The molecule has 0 atom stereocenters. The van der Waals surface area contributed by atoms with Crippen molar-refractivity contribution in [3.8, 4) is 0 Å². The molecule has 0 unspecified atom stereocenters. The molecule has 0 aliphatic carbocycles. The largest absolute Gasteiger partial charge is 0.348 e. The fourth-order valence-corrected chi connectivity index (χ4v) is 4.64. The van der Waals surface area contributed by atoms with Gasteiger partial charge in [-0.25, -0.2) is 14.4 Å². The second-order valence-corrected chi connectivity index (χ2v) is 8.93. The molecule has 3 aromatic heterocycles. The van der Waals surface area contributed by atoms with Gasteiger partial charge in [0.25, 0.3) is 5.91 Å². The fourth-order valence-electron chi connectivity index (χ4n) is 3.70. The number of carbonyl (C=O) groups excluding carboxylic acids is 1. The number of halogens is 1. The number of fused-ring (bicyclic) bond motifs is 1. The Bertz CT molecular complexity index is 1450. The molecule has 0 fully saturated rings. The van der Waals surface area contributed by atoms with E-state index in [1.807, 2.05) is 54.6 Å². The van der Waals surface area contributed by atoms with Crippen LogP contribution in [0.1, 0.15) is 27.0 Å². The molecule has 0 aliphatic rings. The van der Waals surface area contributed by atoms with Crippen LogP contribution in [-0.4, -0.2) is 25.4 Å². The highest BCUT2D eigenvalue weighted by molar-refractivity contribution is 7.98. The molecule has 6 nitrogen and oxygen atoms in total. The maximum atomic E-state index is 13.6. The second-order valence-electron chi connectivity index (χ2n) is 7.99. The number of pyridine rings is 2. The van der Waals surface area contributed by atoms with E-state index >= 15 is 0 Å². The monoisotopic (exact) mass is 483 g/mol. The minimum Gasteiger partial charge on any atom is -0.348 e. The second kappa shape index (κ2) is 10.5. The third-order valence-electron chi connectivity index (χ3n) is 5.46. The zero-order chi connectivity index (χ0) is 24.0. The first-order valence-corrected chi connectivity index (χ1v) is 12.1. The van der Waals surface area contributed by atoms with E-state index in [1.165, 1.54) is 12.1 Å². The van der Waals surface area contributed by atoms with Gasteiger partial charge in [-0.05, 0) is 59.2 Å². The number of rotatable bonds is 8. The molecular weight excluding hydrogens is 461 g/mol. The third-order valence-corrected chi connectivity index (χ3v) is 6.51. The van der Waals surface area contributed by atoms with E-state index in [0.717, 1.165) is 33.0 Å². The van der Waals surface area contributed by atoms with Gasteiger partial charge in [-0.1, -0.05) is 42.1 Å². The Morgan fingerprint density at radius 1 is 0.943 bits per heavy atom. The summed E-state index contributed by atoms with van der Waals surface area (Å²) in [5.41, 5.74) is 5.04. The summed E-state index contributed by atoms with van der Waals surface area (Å²) in [5.74, 6) is 0.209. The summed E-state index contributed by atoms with van der Waals surface area (Å²) < 4.78 is 15.6. The number of carbonyl (C=O) groups is 1. The number of hydrogen-bond donors (Lipinski definition) is 1. The molecule has 0 saturated heterocycles. The average molecular weight is 484 g/mol. The lowest BCUT2D eigenvalue weighted by molar-refractivity contribution is 0.0951. The van der Waals surface area contributed by atoms with Crippen molar-refractivity contribution in [2.45, 2.75) is 24.0 Å². The van der Waals surface area contributed by atoms with E-state index < -0.39 is 0 Å². The number of hydrogen-bond acceptors (Lipinski definition) is 5. The summed E-state index contributed by atoms with van der Waals surface area (Å²) in [4.78, 5) is 25.9. The van der Waals surface area contributed by atoms with E-state index in [-0.39, 0.29) is 11.7 Å². The normalized spacial score (nSPS) is 11.0. The predicted octanol–water partition coefficient (Wildman–Crippen LogP) is 5.24. The molecule has 0 spiro atoms. The first-order chi connectivity index (χ1) is 17.2. The fraction of sp³-hybridized carbons (Fsp3) is 0.111. The first kappa shape index (κ1) is 22.7. The predicted molar refractivity (Wildman–Crippen MR) is 134 cm³/mol. The van der Waals surface area contributed by atoms with Crippen LogP contribution in [0.15, 0.2) is 96.5 Å². The van der Waals surface area contributed by atoms with Crippen molar-refractivity contribution >= 4 is 28.8 Å². The molecule has 35 heavy (non-hydrogen) atoms. The van der Waals surface area contributed by atoms with Crippen molar-refractivity contribution in [2.75, 3.05) is 0 Å². The van der Waals surface area contributed by atoms with E-state index in [1.54, 1.807) is 36.4 Å². The Kier molecular flexibility index (Phi) is 6.81. The highest BCUT2D eigenvalue weighted by Gasteiger charge is 2.14. The van der Waals surface area contributed by atoms with E-state index in [4.69, 9.17) is 4.98 Å². The van der Waals surface area contributed by atoms with Crippen LogP contribution in [0.25, 0.3) is 11.2 Å². The quantitative estimate of drug-likeness (QED) is 0.306. The molecule has 0 aliphatic heterocycles. The molecule has 174 valence electrons. The van der Waals surface area contributed by atoms with Crippen molar-refractivity contribution in [1.82, 2.24) is 24.8 Å². The third kappa shape index (κ3) is 5.55. The number of benzene rings is 2. The Labute approximate surface area is 206 Å². The lowest BCUT2D eigenvalue weighted by Gasteiger charge is -2.10. The lowest BCUT2D eigenvalue weighted by atomic mass is 10.1. The standard InChI is InChI=1S/C27H22FN5OS/c28-23-6-1-4-20(14-23)18-35-27-32-24-7-3-13-30-25(24)33(27)17-19-8-10-22(11-9-19)26(34)31-16-21-5-2-12-29-15-21/h1-15H,16-18H2,(H,31,34). The summed E-state index contributed by atoms with van der Waals surface area (Å²) in [6, 6.07) is 21.7. The van der Waals surface area contributed by atoms with Gasteiger partial charge < -0.3 is 5.32 Å². The zero-order valence-corrected chi connectivity index (χ0v) is 19.6. The molecule has 5 rings (SSSR count). The van der Waals surface area contributed by atoms with Crippen molar-refractivity contribution in [3.63, 3.8) is 0 Å². The van der Waals surface area contributed by atoms with E-state index in [0.29, 0.717) is 24.4 Å². The SMILES string of the molecule is O=C(NCc1cccnc1)c1ccc(Cn2c(SCc3cccc(F)c3)nc3cccnc32)cc1. The van der Waals surface area contributed by atoms with Gasteiger partial charge in [-0.2, -0.15) is 0 Å². The molecule has 8 heteroatoms. The van der Waals surface area contributed by atoms with Crippen LogP contribution < -0.4 is 5.32 Å². The van der Waals surface area contributed by atoms with Crippen molar-refractivity contribution in [2.24, 2.45) is 0 Å². The minimum atomic E-state index is -0.247. The van der Waals surface area contributed by atoms with Gasteiger partial charge in [0, 0.05) is 36.5 Å². The molecule has 0 radical (unpaired) electrons. The van der Waals surface area contributed by atoms with Crippen molar-refractivity contribution in [3.05, 3.63) is 119 Å². The van der Waals surface area contributed by atoms with Crippen LogP contribution in [0.5, 0.6) is 0 Å². The maximum absolute atomic E-state index is 13.6. The van der Waals surface area contributed by atoms with Gasteiger partial charge in [0.05, 0.1) is 6.54 Å². The van der Waals surface area contributed by atoms with Gasteiger partial charge in [-0.15, -0.1) is 0 Å². The molecule has 3 heterocycles. The molecule has 0 saturated carbocycles. The maximum Gasteiger partial charge on any atom is 0.251 e. The van der Waals surface area contributed by atoms with Crippen LogP contribution >= 0.6 is 11.8 Å². The van der Waals surface area contributed by atoms with Gasteiger partial charge in [0.15, 0.2) is 10.8 Å². The minimum absolute atomic E-state index is 0.138. The summed E-state index contributed by atoms with van der Waals surface area (Å²) in [7, 11) is 0. The smallest absolute Gasteiger partial charge is 0.251 e. The highest BCUT2D eigenvalue weighted by Crippen LogP contribution is 2.27. The van der Waals surface area contributed by atoms with E-state index in [9.17, 15) is 9.18 Å². The lowest BCUT2D eigenvalue weighted by Crippen LogP contribution is -2.22. The van der Waals surface area contributed by atoms with Crippen LogP contribution in [0.2, 0.25) is 0 Å². The zero-order valence-electron chi connectivity index (χ0n) is 18.8. The van der Waals surface area contributed by atoms with Crippen molar-refractivity contribution < 1.29 is 9.18 Å². The van der Waals surface area contributed by atoms with Crippen LogP contribution in [0.3, 0.4) is 0 Å².